The summed E-state index contributed by atoms with van der Waals surface area (Å²) in [6.45, 7) is 6.49. The van der Waals surface area contributed by atoms with Gasteiger partial charge in [0.2, 0.25) is 0 Å². The Morgan fingerprint density at radius 2 is 1.80 bits per heavy atom. The average Bonchev–Trinajstić information content (AvgIpc) is 3.27. The molecule has 0 aromatic carbocycles. The average molecular weight is 342 g/mol. The fourth-order valence-corrected chi connectivity index (χ4v) is 3.96. The molecule has 2 aliphatic rings. The number of aliphatic hydroxyl groups is 1. The molecule has 134 valence electrons. The van der Waals surface area contributed by atoms with Crippen molar-refractivity contribution in [3.8, 4) is 5.82 Å². The summed E-state index contributed by atoms with van der Waals surface area (Å²) < 4.78 is 1.77. The first kappa shape index (κ1) is 16.5. The Kier molecular flexibility index (Phi) is 4.43. The van der Waals surface area contributed by atoms with Gasteiger partial charge in [-0.2, -0.15) is 5.10 Å². The van der Waals surface area contributed by atoms with E-state index in [4.69, 9.17) is 0 Å². The Balaban J connectivity index is 1.42. The zero-order valence-corrected chi connectivity index (χ0v) is 14.8. The molecule has 0 unspecified atom stereocenters. The van der Waals surface area contributed by atoms with Crippen molar-refractivity contribution in [2.45, 2.75) is 38.2 Å². The molecule has 1 aliphatic heterocycles. The Morgan fingerprint density at radius 3 is 2.48 bits per heavy atom. The lowest BCUT2D eigenvalue weighted by Gasteiger charge is -2.38. The zero-order chi connectivity index (χ0) is 17.3. The van der Waals surface area contributed by atoms with Gasteiger partial charge in [0, 0.05) is 51.2 Å². The molecule has 25 heavy (non-hydrogen) atoms. The van der Waals surface area contributed by atoms with Crippen molar-refractivity contribution >= 4 is 5.82 Å². The number of aromatic nitrogens is 4. The third kappa shape index (κ3) is 3.67. The van der Waals surface area contributed by atoms with Gasteiger partial charge in [0.15, 0.2) is 5.82 Å². The van der Waals surface area contributed by atoms with E-state index in [1.54, 1.807) is 10.9 Å². The Labute approximate surface area is 148 Å². The van der Waals surface area contributed by atoms with Gasteiger partial charge in [-0.1, -0.05) is 12.8 Å². The lowest BCUT2D eigenvalue weighted by Crippen LogP contribution is -2.51. The first-order chi connectivity index (χ1) is 12.1. The monoisotopic (exact) mass is 342 g/mol. The predicted octanol–water partition coefficient (Wildman–Crippen LogP) is 1.40. The summed E-state index contributed by atoms with van der Waals surface area (Å²) >= 11 is 0. The van der Waals surface area contributed by atoms with Crippen LogP contribution in [0.25, 0.3) is 5.82 Å². The van der Waals surface area contributed by atoms with Crippen molar-refractivity contribution in [3.05, 3.63) is 30.4 Å². The first-order valence-corrected chi connectivity index (χ1v) is 9.17. The van der Waals surface area contributed by atoms with Crippen LogP contribution < -0.4 is 4.90 Å². The fourth-order valence-electron chi connectivity index (χ4n) is 3.96. The van der Waals surface area contributed by atoms with Crippen LogP contribution in [0.3, 0.4) is 0 Å². The highest BCUT2D eigenvalue weighted by atomic mass is 16.3. The number of rotatable bonds is 4. The number of hydrogen-bond donors (Lipinski definition) is 1. The molecule has 2 fully saturated rings. The molecular weight excluding hydrogens is 316 g/mol. The van der Waals surface area contributed by atoms with Crippen LogP contribution in [-0.4, -0.2) is 68.1 Å². The minimum absolute atomic E-state index is 0.457. The molecule has 1 aliphatic carbocycles. The summed E-state index contributed by atoms with van der Waals surface area (Å²) in [6.07, 6.45) is 7.87. The Morgan fingerprint density at radius 1 is 1.08 bits per heavy atom. The first-order valence-electron chi connectivity index (χ1n) is 9.17. The summed E-state index contributed by atoms with van der Waals surface area (Å²) in [7, 11) is 0. The van der Waals surface area contributed by atoms with E-state index in [9.17, 15) is 5.11 Å². The van der Waals surface area contributed by atoms with Crippen molar-refractivity contribution in [1.82, 2.24) is 24.6 Å². The number of β-amino-alcohol motifs (C(OH)–C–C–N with tert-alkyl or cyclic N) is 1. The van der Waals surface area contributed by atoms with Crippen molar-refractivity contribution in [2.24, 2.45) is 0 Å². The second-order valence-corrected chi connectivity index (χ2v) is 7.28. The highest BCUT2D eigenvalue weighted by molar-refractivity contribution is 5.44. The molecule has 2 aromatic rings. The molecule has 1 saturated carbocycles. The summed E-state index contributed by atoms with van der Waals surface area (Å²) in [5.74, 6) is 2.51. The fraction of sp³-hybridized carbons (Fsp3) is 0.611. The van der Waals surface area contributed by atoms with Gasteiger partial charge in [0.1, 0.15) is 11.6 Å². The van der Waals surface area contributed by atoms with Crippen LogP contribution >= 0.6 is 0 Å². The highest BCUT2D eigenvalue weighted by Crippen LogP contribution is 2.30. The molecule has 1 N–H and O–H groups in total. The Hall–Kier alpha value is -1.99. The van der Waals surface area contributed by atoms with Crippen molar-refractivity contribution in [3.63, 3.8) is 0 Å². The standard InChI is InChI=1S/C18H26N6O/c1-15-20-16(13-17(21-15)24-8-4-7-19-24)23-11-9-22(10-12-23)14-18(25)5-2-3-6-18/h4,7-8,13,25H,2-3,5-6,9-12,14H2,1H3. The maximum Gasteiger partial charge on any atom is 0.159 e. The molecule has 0 radical (unpaired) electrons. The van der Waals surface area contributed by atoms with Crippen LogP contribution in [0.15, 0.2) is 24.5 Å². The van der Waals surface area contributed by atoms with Crippen LogP contribution in [0.1, 0.15) is 31.5 Å². The van der Waals surface area contributed by atoms with Crippen LogP contribution in [0.4, 0.5) is 5.82 Å². The van der Waals surface area contributed by atoms with Crippen LogP contribution in [0.2, 0.25) is 0 Å². The quantitative estimate of drug-likeness (QED) is 0.906. The molecular formula is C18H26N6O. The molecule has 0 amide bonds. The largest absolute Gasteiger partial charge is 0.389 e. The van der Waals surface area contributed by atoms with Crippen LogP contribution in [0.5, 0.6) is 0 Å². The van der Waals surface area contributed by atoms with Gasteiger partial charge >= 0.3 is 0 Å². The third-order valence-corrected chi connectivity index (χ3v) is 5.30. The van der Waals surface area contributed by atoms with Crippen LogP contribution in [-0.2, 0) is 0 Å². The molecule has 0 spiro atoms. The molecule has 4 rings (SSSR count). The van der Waals surface area contributed by atoms with Gasteiger partial charge < -0.3 is 10.0 Å². The molecule has 2 aromatic heterocycles. The van der Waals surface area contributed by atoms with Crippen molar-refractivity contribution < 1.29 is 5.11 Å². The van der Waals surface area contributed by atoms with Gasteiger partial charge in [0.25, 0.3) is 0 Å². The number of aryl methyl sites for hydroxylation is 1. The van der Waals surface area contributed by atoms with E-state index in [0.717, 1.165) is 75.9 Å². The van der Waals surface area contributed by atoms with Gasteiger partial charge in [-0.3, -0.25) is 4.90 Å². The van der Waals surface area contributed by atoms with E-state index in [2.05, 4.69) is 24.9 Å². The molecule has 1 saturated heterocycles. The summed E-state index contributed by atoms with van der Waals surface area (Å²) in [5.41, 5.74) is -0.457. The summed E-state index contributed by atoms with van der Waals surface area (Å²) in [6, 6.07) is 3.89. The predicted molar refractivity (Wildman–Crippen MR) is 96.0 cm³/mol. The van der Waals surface area contributed by atoms with Gasteiger partial charge in [0.05, 0.1) is 5.60 Å². The van der Waals surface area contributed by atoms with Crippen molar-refractivity contribution in [2.75, 3.05) is 37.6 Å². The topological polar surface area (TPSA) is 70.3 Å². The number of nitrogens with zero attached hydrogens (tertiary/aromatic N) is 6. The third-order valence-electron chi connectivity index (χ3n) is 5.30. The second kappa shape index (κ2) is 6.72. The SMILES string of the molecule is Cc1nc(N2CCN(CC3(O)CCCC3)CC2)cc(-n2cccn2)n1. The second-order valence-electron chi connectivity index (χ2n) is 7.28. The Bertz CT molecular complexity index is 702. The highest BCUT2D eigenvalue weighted by Gasteiger charge is 2.34. The lowest BCUT2D eigenvalue weighted by molar-refractivity contribution is 0.00799. The maximum absolute atomic E-state index is 10.6. The maximum atomic E-state index is 10.6. The van der Waals surface area contributed by atoms with Gasteiger partial charge in [-0.05, 0) is 25.8 Å². The molecule has 0 atom stereocenters. The normalized spacial score (nSPS) is 21.0. The van der Waals surface area contributed by atoms with Crippen molar-refractivity contribution in [1.29, 1.82) is 0 Å². The number of hydrogen-bond acceptors (Lipinski definition) is 6. The molecule has 7 heteroatoms. The lowest BCUT2D eigenvalue weighted by atomic mass is 10.0. The molecule has 3 heterocycles. The zero-order valence-electron chi connectivity index (χ0n) is 14.8. The van der Waals surface area contributed by atoms with E-state index in [-0.39, 0.29) is 0 Å². The van der Waals surface area contributed by atoms with E-state index in [1.807, 2.05) is 25.3 Å². The van der Waals surface area contributed by atoms with E-state index >= 15 is 0 Å². The van der Waals surface area contributed by atoms with Gasteiger partial charge in [-0.15, -0.1) is 0 Å². The smallest absolute Gasteiger partial charge is 0.159 e. The minimum Gasteiger partial charge on any atom is -0.389 e. The summed E-state index contributed by atoms with van der Waals surface area (Å²) in [5, 5.41) is 14.9. The van der Waals surface area contributed by atoms with E-state index < -0.39 is 5.60 Å². The van der Waals surface area contributed by atoms with E-state index in [1.165, 1.54) is 0 Å². The molecule has 0 bridgehead atoms. The number of piperazine rings is 1. The van der Waals surface area contributed by atoms with Crippen LogP contribution in [0, 0.1) is 6.92 Å². The van der Waals surface area contributed by atoms with Gasteiger partial charge in [-0.25, -0.2) is 14.6 Å². The van der Waals surface area contributed by atoms with E-state index in [0.29, 0.717) is 0 Å². The number of anilines is 1. The molecule has 7 nitrogen and oxygen atoms in total. The summed E-state index contributed by atoms with van der Waals surface area (Å²) in [4.78, 5) is 13.8. The minimum atomic E-state index is -0.457.